The predicted molar refractivity (Wildman–Crippen MR) is 109 cm³/mol. The summed E-state index contributed by atoms with van der Waals surface area (Å²) < 4.78 is 32.0. The lowest BCUT2D eigenvalue weighted by molar-refractivity contribution is 0.116. The molecule has 0 radical (unpaired) electrons. The van der Waals surface area contributed by atoms with Crippen molar-refractivity contribution < 1.29 is 13.2 Å². The Bertz CT molecular complexity index is 1200. The minimum absolute atomic E-state index is 0.0731. The first-order chi connectivity index (χ1) is 15.1. The van der Waals surface area contributed by atoms with Gasteiger partial charge in [-0.25, -0.2) is 4.68 Å². The summed E-state index contributed by atoms with van der Waals surface area (Å²) >= 11 is 0. The lowest BCUT2D eigenvalue weighted by atomic mass is 10.0. The van der Waals surface area contributed by atoms with Crippen LogP contribution < -0.4 is 0 Å². The first kappa shape index (κ1) is 19.5. The van der Waals surface area contributed by atoms with Crippen molar-refractivity contribution >= 4 is 0 Å². The Labute approximate surface area is 177 Å². The van der Waals surface area contributed by atoms with Gasteiger partial charge in [0.1, 0.15) is 5.69 Å². The predicted octanol–water partition coefficient (Wildman–Crippen LogP) is 4.32. The van der Waals surface area contributed by atoms with Crippen molar-refractivity contribution in [1.29, 1.82) is 0 Å². The molecule has 31 heavy (non-hydrogen) atoms. The molecule has 0 atom stereocenters. The summed E-state index contributed by atoms with van der Waals surface area (Å²) in [6.45, 7) is 5.63. The number of nitrogens with zero attached hydrogens (tertiary/aromatic N) is 6. The molecule has 5 rings (SSSR count). The van der Waals surface area contributed by atoms with Gasteiger partial charge in [0.15, 0.2) is 0 Å². The summed E-state index contributed by atoms with van der Waals surface area (Å²) in [6, 6.07) is 13.6. The number of alkyl halides is 2. The molecule has 1 aliphatic rings. The summed E-state index contributed by atoms with van der Waals surface area (Å²) in [6.07, 6.45) is -0.830. The van der Waals surface area contributed by atoms with Crippen LogP contribution in [0, 0.1) is 0 Å². The third kappa shape index (κ3) is 3.84. The number of hydrogen-bond donors (Lipinski definition) is 0. The summed E-state index contributed by atoms with van der Waals surface area (Å²) in [4.78, 5) is 2.40. The Balaban J connectivity index is 1.32. The summed E-state index contributed by atoms with van der Waals surface area (Å²) in [5.41, 5.74) is 6.23. The Kier molecular flexibility index (Phi) is 5.03. The fraction of sp³-hybridized carbons (Fsp3) is 0.273. The molecular weight excluding hydrogens is 402 g/mol. The number of aromatic nitrogens is 5. The van der Waals surface area contributed by atoms with Gasteiger partial charge in [0.05, 0.1) is 12.7 Å². The Hall–Kier alpha value is -3.46. The van der Waals surface area contributed by atoms with Crippen molar-refractivity contribution in [3.63, 3.8) is 0 Å². The maximum atomic E-state index is 12.6. The van der Waals surface area contributed by atoms with Crippen LogP contribution in [-0.2, 0) is 19.6 Å². The Morgan fingerprint density at radius 2 is 1.87 bits per heavy atom. The molecule has 4 aromatic rings. The first-order valence-corrected chi connectivity index (χ1v) is 10.0. The van der Waals surface area contributed by atoms with Crippen molar-refractivity contribution in [2.45, 2.75) is 33.0 Å². The van der Waals surface area contributed by atoms with Crippen molar-refractivity contribution in [1.82, 2.24) is 30.1 Å². The highest BCUT2D eigenvalue weighted by Crippen LogP contribution is 2.31. The van der Waals surface area contributed by atoms with Crippen molar-refractivity contribution in [3.8, 4) is 22.7 Å². The van der Waals surface area contributed by atoms with Crippen LogP contribution in [0.2, 0.25) is 0 Å². The second-order valence-corrected chi connectivity index (χ2v) is 7.49. The molecule has 0 unspecified atom stereocenters. The van der Waals surface area contributed by atoms with Gasteiger partial charge in [0.25, 0.3) is 5.89 Å². The van der Waals surface area contributed by atoms with E-state index in [1.807, 2.05) is 18.3 Å². The standard InChI is InChI=1S/C22H20F2N6O/c1-2-29-11-16-4-3-5-17(18(16)12-29)19-13-30(28-25-19)10-14-6-8-15(9-7-14)21-26-27-22(31-21)20(23)24/h3-9,13,20H,2,10-12H2,1H3. The molecule has 0 saturated heterocycles. The fourth-order valence-corrected chi connectivity index (χ4v) is 3.83. The second-order valence-electron chi connectivity index (χ2n) is 7.49. The lowest BCUT2D eigenvalue weighted by Crippen LogP contribution is -2.14. The van der Waals surface area contributed by atoms with Gasteiger partial charge in [-0.2, -0.15) is 8.78 Å². The van der Waals surface area contributed by atoms with Crippen LogP contribution >= 0.6 is 0 Å². The van der Waals surface area contributed by atoms with E-state index < -0.39 is 12.3 Å². The minimum Gasteiger partial charge on any atom is -0.415 e. The van der Waals surface area contributed by atoms with Gasteiger partial charge in [0.2, 0.25) is 5.89 Å². The average molecular weight is 422 g/mol. The van der Waals surface area contributed by atoms with E-state index >= 15 is 0 Å². The Morgan fingerprint density at radius 1 is 1.03 bits per heavy atom. The number of fused-ring (bicyclic) bond motifs is 1. The SMILES string of the molecule is CCN1Cc2cccc(-c3cn(Cc4ccc(-c5nnc(C(F)F)o5)cc4)nn3)c2C1. The van der Waals surface area contributed by atoms with E-state index in [2.05, 4.69) is 50.5 Å². The number of rotatable bonds is 6. The van der Waals surface area contributed by atoms with Crippen LogP contribution in [0.1, 0.15) is 35.9 Å². The van der Waals surface area contributed by atoms with E-state index in [4.69, 9.17) is 4.42 Å². The molecule has 1 aliphatic heterocycles. The molecule has 2 aromatic carbocycles. The summed E-state index contributed by atoms with van der Waals surface area (Å²) in [5.74, 6) is -0.604. The van der Waals surface area contributed by atoms with Crippen LogP contribution in [0.25, 0.3) is 22.7 Å². The highest BCUT2D eigenvalue weighted by atomic mass is 19.3. The molecule has 9 heteroatoms. The quantitative estimate of drug-likeness (QED) is 0.461. The minimum atomic E-state index is -2.78. The smallest absolute Gasteiger partial charge is 0.314 e. The van der Waals surface area contributed by atoms with E-state index in [0.29, 0.717) is 12.1 Å². The number of halogens is 2. The molecule has 2 aromatic heterocycles. The van der Waals surface area contributed by atoms with Crippen LogP contribution in [0.15, 0.2) is 53.1 Å². The topological polar surface area (TPSA) is 72.9 Å². The second kappa shape index (κ2) is 7.99. The third-order valence-electron chi connectivity index (χ3n) is 5.48. The first-order valence-electron chi connectivity index (χ1n) is 10.0. The van der Waals surface area contributed by atoms with Crippen LogP contribution in [0.3, 0.4) is 0 Å². The van der Waals surface area contributed by atoms with Gasteiger partial charge in [-0.15, -0.1) is 15.3 Å². The van der Waals surface area contributed by atoms with Crippen LogP contribution in [0.4, 0.5) is 8.78 Å². The van der Waals surface area contributed by atoms with Gasteiger partial charge in [0, 0.05) is 24.2 Å². The van der Waals surface area contributed by atoms with Crippen LogP contribution in [0.5, 0.6) is 0 Å². The van der Waals surface area contributed by atoms with Crippen molar-refractivity contribution in [2.24, 2.45) is 0 Å². The molecule has 0 N–H and O–H groups in total. The molecule has 0 spiro atoms. The summed E-state index contributed by atoms with van der Waals surface area (Å²) in [5, 5.41) is 15.7. The van der Waals surface area contributed by atoms with E-state index in [9.17, 15) is 8.78 Å². The van der Waals surface area contributed by atoms with Crippen molar-refractivity contribution in [3.05, 3.63) is 71.2 Å². The monoisotopic (exact) mass is 422 g/mol. The lowest BCUT2D eigenvalue weighted by Gasteiger charge is -2.10. The van der Waals surface area contributed by atoms with E-state index in [1.165, 1.54) is 11.1 Å². The van der Waals surface area contributed by atoms with E-state index in [1.54, 1.807) is 16.8 Å². The van der Waals surface area contributed by atoms with E-state index in [0.717, 1.165) is 36.5 Å². The van der Waals surface area contributed by atoms with Gasteiger partial charge >= 0.3 is 6.43 Å². The zero-order chi connectivity index (χ0) is 21.4. The molecule has 0 bridgehead atoms. The maximum Gasteiger partial charge on any atom is 0.314 e. The molecule has 0 amide bonds. The molecule has 3 heterocycles. The van der Waals surface area contributed by atoms with Crippen LogP contribution in [-0.4, -0.2) is 36.6 Å². The van der Waals surface area contributed by atoms with Gasteiger partial charge < -0.3 is 4.42 Å². The van der Waals surface area contributed by atoms with Gasteiger partial charge in [-0.05, 0) is 35.4 Å². The number of hydrogen-bond acceptors (Lipinski definition) is 6. The third-order valence-corrected chi connectivity index (χ3v) is 5.48. The summed E-state index contributed by atoms with van der Waals surface area (Å²) in [7, 11) is 0. The molecule has 7 nitrogen and oxygen atoms in total. The molecular formula is C22H20F2N6O. The maximum absolute atomic E-state index is 12.6. The molecule has 0 fully saturated rings. The fourth-order valence-electron chi connectivity index (χ4n) is 3.83. The number of benzene rings is 2. The van der Waals surface area contributed by atoms with Gasteiger partial charge in [-0.1, -0.05) is 42.5 Å². The van der Waals surface area contributed by atoms with Gasteiger partial charge in [-0.3, -0.25) is 4.90 Å². The molecule has 158 valence electrons. The average Bonchev–Trinajstić information content (AvgIpc) is 3.53. The zero-order valence-corrected chi connectivity index (χ0v) is 16.9. The van der Waals surface area contributed by atoms with Crippen molar-refractivity contribution in [2.75, 3.05) is 6.54 Å². The zero-order valence-electron chi connectivity index (χ0n) is 16.9. The molecule has 0 saturated carbocycles. The normalized spacial score (nSPS) is 13.8. The molecule has 0 aliphatic carbocycles. The Morgan fingerprint density at radius 3 is 2.61 bits per heavy atom. The largest absolute Gasteiger partial charge is 0.415 e. The highest BCUT2D eigenvalue weighted by Gasteiger charge is 2.22. The van der Waals surface area contributed by atoms with E-state index in [-0.39, 0.29) is 5.89 Å². The highest BCUT2D eigenvalue weighted by molar-refractivity contribution is 5.65.